The lowest BCUT2D eigenvalue weighted by molar-refractivity contribution is -0.602. The van der Waals surface area contributed by atoms with E-state index in [0.717, 1.165) is 4.57 Å². The van der Waals surface area contributed by atoms with Crippen LogP contribution in [0.25, 0.3) is 11.3 Å². The maximum absolute atomic E-state index is 12.2. The fourth-order valence-electron chi connectivity index (χ4n) is 1.94. The lowest BCUT2D eigenvalue weighted by Crippen LogP contribution is -2.43. The third-order valence-electron chi connectivity index (χ3n) is 2.88. The summed E-state index contributed by atoms with van der Waals surface area (Å²) in [5.41, 5.74) is -0.995. The van der Waals surface area contributed by atoms with Crippen molar-refractivity contribution < 1.29 is 19.4 Å². The Labute approximate surface area is 113 Å². The first-order valence-corrected chi connectivity index (χ1v) is 5.68. The molecule has 1 N–H and O–H groups in total. The molecule has 20 heavy (non-hydrogen) atoms. The van der Waals surface area contributed by atoms with Crippen LogP contribution in [0.4, 0.5) is 0 Å². The van der Waals surface area contributed by atoms with E-state index < -0.39 is 23.1 Å². The molecule has 7 nitrogen and oxygen atoms in total. The highest BCUT2D eigenvalue weighted by atomic mass is 16.5. The maximum Gasteiger partial charge on any atom is 0.412 e. The van der Waals surface area contributed by atoms with E-state index in [2.05, 4.69) is 0 Å². The topological polar surface area (TPSA) is 95.5 Å². The molecule has 0 amide bonds. The van der Waals surface area contributed by atoms with Crippen molar-refractivity contribution in [2.75, 3.05) is 7.11 Å². The Kier molecular flexibility index (Phi) is 3.43. The van der Waals surface area contributed by atoms with Crippen molar-refractivity contribution in [2.45, 2.75) is 0 Å². The fourth-order valence-corrected chi connectivity index (χ4v) is 1.94. The van der Waals surface area contributed by atoms with E-state index in [1.165, 1.54) is 14.2 Å². The van der Waals surface area contributed by atoms with Gasteiger partial charge in [-0.25, -0.2) is 4.79 Å². The Morgan fingerprint density at radius 1 is 1.35 bits per heavy atom. The number of ether oxygens (including phenoxy) is 1. The monoisotopic (exact) mass is 276 g/mol. The molecule has 0 aliphatic carbocycles. The minimum Gasteiger partial charge on any atom is -0.615 e. The van der Waals surface area contributed by atoms with Crippen LogP contribution < -0.4 is 15.0 Å². The van der Waals surface area contributed by atoms with Gasteiger partial charge in [0.05, 0.1) is 12.7 Å². The molecule has 0 radical (unpaired) electrons. The summed E-state index contributed by atoms with van der Waals surface area (Å²) in [6.07, 6.45) is 0. The minimum atomic E-state index is -1.41. The molecule has 1 aromatic carbocycles. The number of hydrogen-bond acceptors (Lipinski definition) is 4. The summed E-state index contributed by atoms with van der Waals surface area (Å²) in [6.45, 7) is 0. The zero-order chi connectivity index (χ0) is 14.9. The third kappa shape index (κ3) is 1.99. The van der Waals surface area contributed by atoms with Crippen LogP contribution in [0.15, 0.2) is 35.1 Å². The number of aromatic nitrogens is 2. The second-order valence-corrected chi connectivity index (χ2v) is 4.04. The summed E-state index contributed by atoms with van der Waals surface area (Å²) in [7, 11) is 2.45. The molecule has 0 spiro atoms. The molecule has 104 valence electrons. The number of carboxylic acids is 1. The van der Waals surface area contributed by atoms with Crippen LogP contribution in [0, 0.1) is 5.21 Å². The number of aromatic carboxylic acids is 1. The van der Waals surface area contributed by atoms with Crippen molar-refractivity contribution in [3.63, 3.8) is 0 Å². The third-order valence-corrected chi connectivity index (χ3v) is 2.88. The van der Waals surface area contributed by atoms with Gasteiger partial charge in [0.25, 0.3) is 5.69 Å². The van der Waals surface area contributed by atoms with E-state index in [9.17, 15) is 14.8 Å². The molecule has 7 heteroatoms. The van der Waals surface area contributed by atoms with Gasteiger partial charge in [0.15, 0.2) is 0 Å². The van der Waals surface area contributed by atoms with Crippen LogP contribution >= 0.6 is 0 Å². The van der Waals surface area contributed by atoms with E-state index >= 15 is 0 Å². The summed E-state index contributed by atoms with van der Waals surface area (Å²) in [4.78, 5) is 23.4. The molecule has 1 heterocycles. The predicted molar refractivity (Wildman–Crippen MR) is 69.6 cm³/mol. The molecular weight excluding hydrogens is 264 g/mol. The molecule has 1 aromatic heterocycles. The summed E-state index contributed by atoms with van der Waals surface area (Å²) < 4.78 is 5.94. The molecule has 0 aliphatic rings. The van der Waals surface area contributed by atoms with Gasteiger partial charge in [-0.1, -0.05) is 18.2 Å². The summed E-state index contributed by atoms with van der Waals surface area (Å²) in [5, 5.41) is 21.3. The maximum atomic E-state index is 12.2. The average Bonchev–Trinajstić information content (AvgIpc) is 2.43. The van der Waals surface area contributed by atoms with Gasteiger partial charge in [0.2, 0.25) is 5.69 Å². The zero-order valence-electron chi connectivity index (χ0n) is 10.9. The lowest BCUT2D eigenvalue weighted by Gasteiger charge is -2.12. The number of carbonyl (C=O) groups is 1. The Bertz CT molecular complexity index is 722. The summed E-state index contributed by atoms with van der Waals surface area (Å²) in [6, 6.07) is 8.26. The highest BCUT2D eigenvalue weighted by Gasteiger charge is 2.30. The Balaban J connectivity index is 2.89. The molecule has 0 unspecified atom stereocenters. The van der Waals surface area contributed by atoms with Crippen molar-refractivity contribution in [3.8, 4) is 17.1 Å². The van der Waals surface area contributed by atoms with Crippen molar-refractivity contribution >= 4 is 5.97 Å². The molecule has 0 fully saturated rings. The van der Waals surface area contributed by atoms with Gasteiger partial charge in [-0.15, -0.1) is 4.73 Å². The van der Waals surface area contributed by atoms with Crippen LogP contribution in [0.3, 0.4) is 0 Å². The molecule has 0 saturated heterocycles. The van der Waals surface area contributed by atoms with Crippen molar-refractivity contribution in [3.05, 3.63) is 51.6 Å². The van der Waals surface area contributed by atoms with Gasteiger partial charge in [0, 0.05) is 7.05 Å². The second kappa shape index (κ2) is 5.04. The number of benzene rings is 1. The molecule has 0 aliphatic heterocycles. The highest BCUT2D eigenvalue weighted by Crippen LogP contribution is 2.17. The normalized spacial score (nSPS) is 10.3. The highest BCUT2D eigenvalue weighted by molar-refractivity contribution is 5.87. The molecule has 0 atom stereocenters. The second-order valence-electron chi connectivity index (χ2n) is 4.04. The van der Waals surface area contributed by atoms with Crippen molar-refractivity contribution in [1.29, 1.82) is 0 Å². The van der Waals surface area contributed by atoms with Crippen LogP contribution in [0.5, 0.6) is 5.88 Å². The van der Waals surface area contributed by atoms with Crippen LogP contribution in [0.1, 0.15) is 10.5 Å². The first-order valence-electron chi connectivity index (χ1n) is 5.68. The minimum absolute atomic E-state index is 0.185. The quantitative estimate of drug-likeness (QED) is 0.646. The van der Waals surface area contributed by atoms with E-state index in [4.69, 9.17) is 9.84 Å². The standard InChI is InChI=1S/C13H12N2O5/c1-14-10(13(17)18)12(20-2)15(19)9(11(14)16)8-6-4-3-5-7-8/h3-7H,1-2H3,(H,17,18). The van der Waals surface area contributed by atoms with Crippen LogP contribution in [-0.4, -0.2) is 22.8 Å². The number of nitrogens with zero attached hydrogens (tertiary/aromatic N) is 2. The van der Waals surface area contributed by atoms with E-state index in [1.807, 2.05) is 0 Å². The molecule has 2 aromatic rings. The number of hydrogen-bond donors (Lipinski definition) is 1. The predicted octanol–water partition coefficient (Wildman–Crippen LogP) is 0.393. The lowest BCUT2D eigenvalue weighted by atomic mass is 10.1. The SMILES string of the molecule is COc1c(C(=O)O)n(C)c(=O)c(-c2ccccc2)[n+]1[O-]. The smallest absolute Gasteiger partial charge is 0.412 e. The number of rotatable bonds is 3. The zero-order valence-corrected chi connectivity index (χ0v) is 10.9. The van der Waals surface area contributed by atoms with Gasteiger partial charge in [-0.3, -0.25) is 9.36 Å². The summed E-state index contributed by atoms with van der Waals surface area (Å²) in [5.74, 6) is -1.84. The van der Waals surface area contributed by atoms with Gasteiger partial charge in [-0.2, -0.15) is 0 Å². The van der Waals surface area contributed by atoms with Crippen LogP contribution in [0.2, 0.25) is 0 Å². The first-order chi connectivity index (χ1) is 9.49. The Morgan fingerprint density at radius 2 is 1.95 bits per heavy atom. The Hall–Kier alpha value is -2.83. The molecule has 0 saturated carbocycles. The molecule has 2 rings (SSSR count). The largest absolute Gasteiger partial charge is 0.615 e. The van der Waals surface area contributed by atoms with E-state index in [0.29, 0.717) is 5.56 Å². The van der Waals surface area contributed by atoms with E-state index in [-0.39, 0.29) is 10.4 Å². The Morgan fingerprint density at radius 3 is 2.45 bits per heavy atom. The van der Waals surface area contributed by atoms with E-state index in [1.54, 1.807) is 30.3 Å². The van der Waals surface area contributed by atoms with Crippen LogP contribution in [-0.2, 0) is 7.05 Å². The van der Waals surface area contributed by atoms with Gasteiger partial charge in [0.1, 0.15) is 0 Å². The average molecular weight is 276 g/mol. The molecular formula is C13H12N2O5. The van der Waals surface area contributed by atoms with Gasteiger partial charge >= 0.3 is 17.4 Å². The van der Waals surface area contributed by atoms with Gasteiger partial charge < -0.3 is 15.1 Å². The van der Waals surface area contributed by atoms with Crippen molar-refractivity contribution in [2.24, 2.45) is 7.05 Å². The fraction of sp³-hybridized carbons (Fsp3) is 0.154. The number of methoxy groups -OCH3 is 1. The van der Waals surface area contributed by atoms with Crippen molar-refractivity contribution in [1.82, 2.24) is 4.57 Å². The molecule has 0 bridgehead atoms. The number of carboxylic acid groups (broad SMARTS) is 1. The van der Waals surface area contributed by atoms with Gasteiger partial charge in [-0.05, 0) is 12.1 Å². The summed E-state index contributed by atoms with van der Waals surface area (Å²) >= 11 is 0. The first kappa shape index (κ1) is 13.6.